The van der Waals surface area contributed by atoms with Crippen molar-refractivity contribution in [3.05, 3.63) is 102 Å². The number of benzene rings is 2. The van der Waals surface area contributed by atoms with Gasteiger partial charge in [-0.3, -0.25) is 9.78 Å². The van der Waals surface area contributed by atoms with Crippen LogP contribution in [-0.2, 0) is 6.42 Å². The number of hydrogen-bond acceptors (Lipinski definition) is 3. The highest BCUT2D eigenvalue weighted by Crippen LogP contribution is 2.32. The molecule has 4 rings (SSSR count). The molecule has 0 saturated carbocycles. The van der Waals surface area contributed by atoms with E-state index in [4.69, 9.17) is 4.74 Å². The summed E-state index contributed by atoms with van der Waals surface area (Å²) in [5.41, 5.74) is 3.97. The van der Waals surface area contributed by atoms with Crippen LogP contribution >= 0.6 is 0 Å². The SMILES string of the molecule is COc1cccc(-c2cc(C(=O)NCCc3ccccn3)c(C)n2-c2ccccc2F)c1. The first-order valence-corrected chi connectivity index (χ1v) is 10.4. The first-order chi connectivity index (χ1) is 15.6. The summed E-state index contributed by atoms with van der Waals surface area (Å²) in [5.74, 6) is 0.109. The number of hydrogen-bond donors (Lipinski definition) is 1. The predicted octanol–water partition coefficient (Wildman–Crippen LogP) is 4.97. The van der Waals surface area contributed by atoms with Crippen LogP contribution < -0.4 is 10.1 Å². The first kappa shape index (κ1) is 21.3. The smallest absolute Gasteiger partial charge is 0.253 e. The molecule has 0 bridgehead atoms. The van der Waals surface area contributed by atoms with Crippen molar-refractivity contribution >= 4 is 5.91 Å². The number of methoxy groups -OCH3 is 1. The van der Waals surface area contributed by atoms with E-state index < -0.39 is 0 Å². The number of para-hydroxylation sites is 1. The van der Waals surface area contributed by atoms with Gasteiger partial charge in [-0.1, -0.05) is 30.3 Å². The van der Waals surface area contributed by atoms with Crippen LogP contribution in [0.3, 0.4) is 0 Å². The molecular formula is C26H24FN3O2. The largest absolute Gasteiger partial charge is 0.497 e. The number of carbonyl (C=O) groups is 1. The summed E-state index contributed by atoms with van der Waals surface area (Å²) in [6.07, 6.45) is 2.36. The molecular weight excluding hydrogens is 405 g/mol. The molecule has 0 fully saturated rings. The Bertz CT molecular complexity index is 1240. The summed E-state index contributed by atoms with van der Waals surface area (Å²) >= 11 is 0. The highest BCUT2D eigenvalue weighted by Gasteiger charge is 2.21. The van der Waals surface area contributed by atoms with Gasteiger partial charge in [-0.25, -0.2) is 4.39 Å². The van der Waals surface area contributed by atoms with Gasteiger partial charge in [0.2, 0.25) is 0 Å². The number of ether oxygens (including phenoxy) is 1. The van der Waals surface area contributed by atoms with Crippen molar-refractivity contribution in [2.45, 2.75) is 13.3 Å². The van der Waals surface area contributed by atoms with Crippen molar-refractivity contribution in [3.63, 3.8) is 0 Å². The Balaban J connectivity index is 1.70. The second kappa shape index (κ2) is 9.47. The molecule has 2 aromatic carbocycles. The van der Waals surface area contributed by atoms with Crippen molar-refractivity contribution in [3.8, 4) is 22.7 Å². The number of amides is 1. The predicted molar refractivity (Wildman–Crippen MR) is 123 cm³/mol. The highest BCUT2D eigenvalue weighted by atomic mass is 19.1. The monoisotopic (exact) mass is 429 g/mol. The molecule has 1 N–H and O–H groups in total. The average Bonchev–Trinajstić information content (AvgIpc) is 3.17. The van der Waals surface area contributed by atoms with E-state index in [0.717, 1.165) is 11.3 Å². The van der Waals surface area contributed by atoms with Crippen molar-refractivity contribution in [1.29, 1.82) is 0 Å². The molecule has 0 radical (unpaired) electrons. The lowest BCUT2D eigenvalue weighted by Gasteiger charge is -2.14. The third kappa shape index (κ3) is 4.39. The van der Waals surface area contributed by atoms with E-state index in [9.17, 15) is 9.18 Å². The Labute approximate surface area is 186 Å². The number of nitrogens with one attached hydrogen (secondary N) is 1. The maximum Gasteiger partial charge on any atom is 0.253 e. The second-order valence-corrected chi connectivity index (χ2v) is 7.37. The molecule has 0 aliphatic carbocycles. The van der Waals surface area contributed by atoms with Crippen LogP contribution in [0.5, 0.6) is 5.75 Å². The topological polar surface area (TPSA) is 56.1 Å². The highest BCUT2D eigenvalue weighted by molar-refractivity contribution is 5.97. The molecule has 0 aliphatic rings. The van der Waals surface area contributed by atoms with Crippen LogP contribution in [0, 0.1) is 12.7 Å². The van der Waals surface area contributed by atoms with Gasteiger partial charge in [-0.2, -0.15) is 0 Å². The summed E-state index contributed by atoms with van der Waals surface area (Å²) in [6.45, 7) is 2.28. The third-order valence-electron chi connectivity index (χ3n) is 5.34. The van der Waals surface area contributed by atoms with E-state index in [-0.39, 0.29) is 11.7 Å². The number of nitrogens with zero attached hydrogens (tertiary/aromatic N) is 2. The molecule has 162 valence electrons. The molecule has 5 nitrogen and oxygen atoms in total. The normalized spacial score (nSPS) is 10.7. The van der Waals surface area contributed by atoms with Gasteiger partial charge >= 0.3 is 0 Å². The average molecular weight is 429 g/mol. The Hall–Kier alpha value is -3.93. The van der Waals surface area contributed by atoms with Crippen LogP contribution in [0.15, 0.2) is 79.0 Å². The first-order valence-electron chi connectivity index (χ1n) is 10.4. The van der Waals surface area contributed by atoms with E-state index in [1.807, 2.05) is 49.4 Å². The lowest BCUT2D eigenvalue weighted by atomic mass is 10.1. The quantitative estimate of drug-likeness (QED) is 0.451. The Morgan fingerprint density at radius 1 is 1.06 bits per heavy atom. The maximum absolute atomic E-state index is 14.7. The molecule has 6 heteroatoms. The summed E-state index contributed by atoms with van der Waals surface area (Å²) < 4.78 is 21.9. The standard InChI is InChI=1S/C26H24FN3O2/c1-18-22(26(31)29-15-13-20-9-5-6-14-28-20)17-25(19-8-7-10-21(16-19)32-2)30(18)24-12-4-3-11-23(24)27/h3-12,14,16-17H,13,15H2,1-2H3,(H,29,31). The van der Waals surface area contributed by atoms with Crippen molar-refractivity contribution in [2.24, 2.45) is 0 Å². The van der Waals surface area contributed by atoms with E-state index in [0.29, 0.717) is 41.4 Å². The van der Waals surface area contributed by atoms with Crippen LogP contribution in [-0.4, -0.2) is 29.1 Å². The zero-order valence-electron chi connectivity index (χ0n) is 18.0. The second-order valence-electron chi connectivity index (χ2n) is 7.37. The number of rotatable bonds is 7. The molecule has 0 spiro atoms. The van der Waals surface area contributed by atoms with Gasteiger partial charge in [-0.05, 0) is 49.4 Å². The fourth-order valence-corrected chi connectivity index (χ4v) is 3.72. The Morgan fingerprint density at radius 2 is 1.88 bits per heavy atom. The Morgan fingerprint density at radius 3 is 2.62 bits per heavy atom. The van der Waals surface area contributed by atoms with Crippen LogP contribution in [0.2, 0.25) is 0 Å². The van der Waals surface area contributed by atoms with Gasteiger partial charge < -0.3 is 14.6 Å². The van der Waals surface area contributed by atoms with E-state index in [1.165, 1.54) is 6.07 Å². The van der Waals surface area contributed by atoms with Gasteiger partial charge in [0.05, 0.1) is 24.1 Å². The van der Waals surface area contributed by atoms with Crippen molar-refractivity contribution < 1.29 is 13.9 Å². The van der Waals surface area contributed by atoms with Gasteiger partial charge in [-0.15, -0.1) is 0 Å². The van der Waals surface area contributed by atoms with E-state index in [2.05, 4.69) is 10.3 Å². The molecule has 2 aromatic heterocycles. The summed E-state index contributed by atoms with van der Waals surface area (Å²) in [4.78, 5) is 17.3. The van der Waals surface area contributed by atoms with Gasteiger partial charge in [0.25, 0.3) is 5.91 Å². The van der Waals surface area contributed by atoms with Crippen LogP contribution in [0.25, 0.3) is 16.9 Å². The molecule has 0 unspecified atom stereocenters. The van der Waals surface area contributed by atoms with Gasteiger partial charge in [0.1, 0.15) is 11.6 Å². The van der Waals surface area contributed by atoms with Crippen LogP contribution in [0.1, 0.15) is 21.7 Å². The van der Waals surface area contributed by atoms with Gasteiger partial charge in [0, 0.05) is 36.1 Å². The molecule has 2 heterocycles. The van der Waals surface area contributed by atoms with Crippen LogP contribution in [0.4, 0.5) is 4.39 Å². The van der Waals surface area contributed by atoms with Crippen molar-refractivity contribution in [1.82, 2.24) is 14.9 Å². The zero-order valence-corrected chi connectivity index (χ0v) is 18.0. The van der Waals surface area contributed by atoms with Gasteiger partial charge in [0.15, 0.2) is 0 Å². The summed E-state index contributed by atoms with van der Waals surface area (Å²) in [7, 11) is 1.60. The number of aromatic nitrogens is 2. The molecule has 32 heavy (non-hydrogen) atoms. The minimum Gasteiger partial charge on any atom is -0.497 e. The lowest BCUT2D eigenvalue weighted by Crippen LogP contribution is -2.26. The number of pyridine rings is 1. The minimum absolute atomic E-state index is 0.210. The fraction of sp³-hybridized carbons (Fsp3) is 0.154. The maximum atomic E-state index is 14.7. The minimum atomic E-state index is -0.363. The third-order valence-corrected chi connectivity index (χ3v) is 5.34. The molecule has 0 atom stereocenters. The molecule has 0 saturated heterocycles. The van der Waals surface area contributed by atoms with Crippen molar-refractivity contribution in [2.75, 3.05) is 13.7 Å². The van der Waals surface area contributed by atoms with E-state index >= 15 is 0 Å². The molecule has 0 aliphatic heterocycles. The summed E-state index contributed by atoms with van der Waals surface area (Å²) in [5, 5.41) is 2.96. The van der Waals surface area contributed by atoms with E-state index in [1.54, 1.807) is 42.1 Å². The fourth-order valence-electron chi connectivity index (χ4n) is 3.72. The number of halogens is 1. The Kier molecular flexibility index (Phi) is 6.31. The molecule has 1 amide bonds. The number of carbonyl (C=O) groups excluding carboxylic acids is 1. The zero-order chi connectivity index (χ0) is 22.5. The lowest BCUT2D eigenvalue weighted by molar-refractivity contribution is 0.0953. The molecule has 4 aromatic rings. The summed E-state index contributed by atoms with van der Waals surface area (Å²) in [6, 6.07) is 21.5.